The molecule has 128 valence electrons. The van der Waals surface area contributed by atoms with Crippen molar-refractivity contribution in [2.45, 2.75) is 31.3 Å². The minimum atomic E-state index is -0.454. The summed E-state index contributed by atoms with van der Waals surface area (Å²) in [7, 11) is 0. The van der Waals surface area contributed by atoms with Crippen molar-refractivity contribution in [3.8, 4) is 0 Å². The summed E-state index contributed by atoms with van der Waals surface area (Å²) in [5.41, 5.74) is 2.24. The van der Waals surface area contributed by atoms with Crippen molar-refractivity contribution >= 4 is 17.0 Å². The molecular formula is C19H17FN2O3. The summed E-state index contributed by atoms with van der Waals surface area (Å²) in [4.78, 5) is 24.0. The molecule has 2 aromatic carbocycles. The molecule has 25 heavy (non-hydrogen) atoms. The number of rotatable bonds is 5. The van der Waals surface area contributed by atoms with E-state index in [2.05, 4.69) is 5.32 Å². The van der Waals surface area contributed by atoms with E-state index < -0.39 is 5.76 Å². The Kier molecular flexibility index (Phi) is 3.87. The van der Waals surface area contributed by atoms with Crippen LogP contribution in [0.25, 0.3) is 11.1 Å². The number of halogens is 1. The lowest BCUT2D eigenvalue weighted by molar-refractivity contribution is -0.121. The maximum atomic E-state index is 13.0. The van der Waals surface area contributed by atoms with Gasteiger partial charge in [-0.2, -0.15) is 0 Å². The smallest absolute Gasteiger partial charge is 0.408 e. The van der Waals surface area contributed by atoms with Gasteiger partial charge in [0, 0.05) is 24.9 Å². The average molecular weight is 340 g/mol. The molecule has 0 bridgehead atoms. The van der Waals surface area contributed by atoms with Gasteiger partial charge in [-0.25, -0.2) is 9.18 Å². The van der Waals surface area contributed by atoms with Crippen LogP contribution in [0.5, 0.6) is 0 Å². The Bertz CT molecular complexity index is 974. The average Bonchev–Trinajstić information content (AvgIpc) is 3.28. The summed E-state index contributed by atoms with van der Waals surface area (Å²) in [5.74, 6) is -0.582. The van der Waals surface area contributed by atoms with Crippen molar-refractivity contribution in [1.82, 2.24) is 9.88 Å². The highest BCUT2D eigenvalue weighted by atomic mass is 19.1. The van der Waals surface area contributed by atoms with E-state index in [1.54, 1.807) is 30.3 Å². The van der Waals surface area contributed by atoms with E-state index in [4.69, 9.17) is 4.42 Å². The fraction of sp³-hybridized carbons (Fsp3) is 0.263. The van der Waals surface area contributed by atoms with Crippen LogP contribution in [0, 0.1) is 5.82 Å². The lowest BCUT2D eigenvalue weighted by atomic mass is 10.1. The minimum Gasteiger partial charge on any atom is -0.408 e. The summed E-state index contributed by atoms with van der Waals surface area (Å²) in [6.45, 7) is 0.273. The fourth-order valence-electron chi connectivity index (χ4n) is 3.15. The molecule has 6 heteroatoms. The summed E-state index contributed by atoms with van der Waals surface area (Å²) >= 11 is 0. The number of carbonyl (C=O) groups is 1. The number of oxazole rings is 1. The molecule has 0 aliphatic heterocycles. The number of nitrogens with zero attached hydrogens (tertiary/aromatic N) is 1. The first-order valence-electron chi connectivity index (χ1n) is 8.25. The second-order valence-electron chi connectivity index (χ2n) is 6.31. The number of hydrogen-bond acceptors (Lipinski definition) is 3. The third-order valence-electron chi connectivity index (χ3n) is 4.57. The van der Waals surface area contributed by atoms with Gasteiger partial charge in [-0.15, -0.1) is 0 Å². The van der Waals surface area contributed by atoms with Crippen LogP contribution in [0.1, 0.15) is 24.3 Å². The Morgan fingerprint density at radius 1 is 1.20 bits per heavy atom. The monoisotopic (exact) mass is 340 g/mol. The second-order valence-corrected chi connectivity index (χ2v) is 6.31. The summed E-state index contributed by atoms with van der Waals surface area (Å²) in [6, 6.07) is 13.6. The van der Waals surface area contributed by atoms with E-state index >= 15 is 0 Å². The molecule has 0 radical (unpaired) electrons. The molecule has 1 fully saturated rings. The molecule has 1 N–H and O–H groups in total. The van der Waals surface area contributed by atoms with Crippen molar-refractivity contribution < 1.29 is 13.6 Å². The second kappa shape index (κ2) is 6.20. The molecule has 2 atom stereocenters. The van der Waals surface area contributed by atoms with Crippen LogP contribution in [0.4, 0.5) is 4.39 Å². The zero-order chi connectivity index (χ0) is 17.4. The van der Waals surface area contributed by atoms with Crippen molar-refractivity contribution in [2.24, 2.45) is 0 Å². The molecule has 0 saturated heterocycles. The van der Waals surface area contributed by atoms with Crippen molar-refractivity contribution in [3.63, 3.8) is 0 Å². The molecule has 1 aromatic heterocycles. The number of amides is 1. The van der Waals surface area contributed by atoms with Crippen LogP contribution in [0.3, 0.4) is 0 Å². The Hall–Kier alpha value is -2.89. The predicted octanol–water partition coefficient (Wildman–Crippen LogP) is 2.80. The standard InChI is InChI=1S/C19H17FN2O3/c20-13-7-5-12(6-8-13)14-11-15(14)21-18(23)9-10-22-16-3-1-2-4-17(16)25-19(22)24/h1-8,14-15H,9-11H2,(H,21,23)/t14-,15+/m0/s1. The SMILES string of the molecule is O=C(CCn1c(=O)oc2ccccc21)N[C@@H]1C[C@H]1c1ccc(F)cc1. The summed E-state index contributed by atoms with van der Waals surface area (Å²) < 4.78 is 19.6. The van der Waals surface area contributed by atoms with E-state index in [9.17, 15) is 14.0 Å². The van der Waals surface area contributed by atoms with Crippen molar-refractivity contribution in [2.75, 3.05) is 0 Å². The van der Waals surface area contributed by atoms with Gasteiger partial charge in [0.05, 0.1) is 5.52 Å². The maximum absolute atomic E-state index is 13.0. The first-order chi connectivity index (χ1) is 12.1. The number of fused-ring (bicyclic) bond motifs is 1. The molecule has 1 amide bonds. The van der Waals surface area contributed by atoms with Gasteiger partial charge in [0.2, 0.25) is 5.91 Å². The van der Waals surface area contributed by atoms with Gasteiger partial charge in [0.1, 0.15) is 5.82 Å². The molecule has 5 nitrogen and oxygen atoms in total. The van der Waals surface area contributed by atoms with Crippen LogP contribution >= 0.6 is 0 Å². The zero-order valence-corrected chi connectivity index (χ0v) is 13.4. The Morgan fingerprint density at radius 2 is 1.96 bits per heavy atom. The number of aryl methyl sites for hydroxylation is 1. The van der Waals surface area contributed by atoms with Crippen LogP contribution in [0.15, 0.2) is 57.7 Å². The number of nitrogens with one attached hydrogen (secondary N) is 1. The lowest BCUT2D eigenvalue weighted by Gasteiger charge is -2.06. The van der Waals surface area contributed by atoms with Gasteiger partial charge in [-0.05, 0) is 36.2 Å². The van der Waals surface area contributed by atoms with Crippen LogP contribution in [-0.2, 0) is 11.3 Å². The zero-order valence-electron chi connectivity index (χ0n) is 13.4. The number of aromatic nitrogens is 1. The lowest BCUT2D eigenvalue weighted by Crippen LogP contribution is -2.28. The molecule has 4 rings (SSSR count). The normalized spacial score (nSPS) is 19.1. The topological polar surface area (TPSA) is 64.2 Å². The Balaban J connectivity index is 1.35. The Labute approximate surface area is 143 Å². The first kappa shape index (κ1) is 15.6. The van der Waals surface area contributed by atoms with E-state index in [-0.39, 0.29) is 36.6 Å². The van der Waals surface area contributed by atoms with Crippen molar-refractivity contribution in [3.05, 3.63) is 70.5 Å². The molecule has 1 aliphatic carbocycles. The molecule has 3 aromatic rings. The Morgan fingerprint density at radius 3 is 2.76 bits per heavy atom. The van der Waals surface area contributed by atoms with E-state index in [1.165, 1.54) is 16.7 Å². The van der Waals surface area contributed by atoms with Gasteiger partial charge < -0.3 is 9.73 Å². The number of benzene rings is 2. The quantitative estimate of drug-likeness (QED) is 0.777. The number of para-hydroxylation sites is 2. The molecular weight excluding hydrogens is 323 g/mol. The van der Waals surface area contributed by atoms with Gasteiger partial charge >= 0.3 is 5.76 Å². The highest BCUT2D eigenvalue weighted by molar-refractivity contribution is 5.77. The van der Waals surface area contributed by atoms with Gasteiger partial charge in [0.25, 0.3) is 0 Å². The highest BCUT2D eigenvalue weighted by Crippen LogP contribution is 2.40. The third kappa shape index (κ3) is 3.20. The van der Waals surface area contributed by atoms with Crippen molar-refractivity contribution in [1.29, 1.82) is 0 Å². The fourth-order valence-corrected chi connectivity index (χ4v) is 3.15. The van der Waals surface area contributed by atoms with Crippen LogP contribution in [-0.4, -0.2) is 16.5 Å². The minimum absolute atomic E-state index is 0.0794. The molecule has 1 saturated carbocycles. The number of carbonyl (C=O) groups excluding carboxylic acids is 1. The van der Waals surface area contributed by atoms with Gasteiger partial charge in [0.15, 0.2) is 5.58 Å². The first-order valence-corrected chi connectivity index (χ1v) is 8.25. The molecule has 0 unspecified atom stereocenters. The maximum Gasteiger partial charge on any atom is 0.419 e. The molecule has 1 aliphatic rings. The predicted molar refractivity (Wildman–Crippen MR) is 90.8 cm³/mol. The largest absolute Gasteiger partial charge is 0.419 e. The van der Waals surface area contributed by atoms with Gasteiger partial charge in [-0.3, -0.25) is 9.36 Å². The summed E-state index contributed by atoms with van der Waals surface area (Å²) in [6.07, 6.45) is 1.06. The summed E-state index contributed by atoms with van der Waals surface area (Å²) in [5, 5.41) is 2.97. The van der Waals surface area contributed by atoms with E-state index in [0.29, 0.717) is 11.1 Å². The highest BCUT2D eigenvalue weighted by Gasteiger charge is 2.39. The molecule has 0 spiro atoms. The van der Waals surface area contributed by atoms with Gasteiger partial charge in [-0.1, -0.05) is 24.3 Å². The third-order valence-corrected chi connectivity index (χ3v) is 4.57. The molecule has 1 heterocycles. The van der Waals surface area contributed by atoms with E-state index in [0.717, 1.165) is 12.0 Å². The van der Waals surface area contributed by atoms with Crippen LogP contribution < -0.4 is 11.1 Å². The van der Waals surface area contributed by atoms with Crippen LogP contribution in [0.2, 0.25) is 0 Å². The van der Waals surface area contributed by atoms with E-state index in [1.807, 2.05) is 6.07 Å². The number of hydrogen-bond donors (Lipinski definition) is 1.